The third-order valence-corrected chi connectivity index (χ3v) is 4.71. The maximum absolute atomic E-state index is 12.1. The summed E-state index contributed by atoms with van der Waals surface area (Å²) in [6, 6.07) is 4.81. The van der Waals surface area contributed by atoms with E-state index in [0.29, 0.717) is 11.0 Å². The topological polar surface area (TPSA) is 58.2 Å². The molecule has 0 radical (unpaired) electrons. The molecule has 4 nitrogen and oxygen atoms in total. The molecule has 0 bridgehead atoms. The fourth-order valence-corrected chi connectivity index (χ4v) is 3.40. The van der Waals surface area contributed by atoms with Gasteiger partial charge in [-0.2, -0.15) is 0 Å². The third-order valence-electron chi connectivity index (χ3n) is 2.29. The highest BCUT2D eigenvalue weighted by molar-refractivity contribution is 9.10. The maximum atomic E-state index is 12.1. The number of hydrogen-bond donors (Lipinski definition) is 2. The molecule has 0 heterocycles. The molecule has 0 aliphatic rings. The van der Waals surface area contributed by atoms with Crippen molar-refractivity contribution in [2.45, 2.75) is 24.8 Å². The van der Waals surface area contributed by atoms with Crippen LogP contribution < -0.4 is 10.0 Å². The Labute approximate surface area is 119 Å². The molecule has 8 heteroatoms. The molecular formula is C11H15BrF2N2O2S. The summed E-state index contributed by atoms with van der Waals surface area (Å²) in [4.78, 5) is -0.0384. The van der Waals surface area contributed by atoms with E-state index in [4.69, 9.17) is 0 Å². The monoisotopic (exact) mass is 356 g/mol. The minimum absolute atomic E-state index is 0.0384. The van der Waals surface area contributed by atoms with Crippen LogP contribution in [0, 0.1) is 0 Å². The van der Waals surface area contributed by atoms with Gasteiger partial charge < -0.3 is 5.32 Å². The summed E-state index contributed by atoms with van der Waals surface area (Å²) in [7, 11) is -3.94. The fourth-order valence-electron chi connectivity index (χ4n) is 1.38. The molecular weight excluding hydrogens is 342 g/mol. The molecule has 2 N–H and O–H groups in total. The number of hydrogen-bond acceptors (Lipinski definition) is 3. The van der Waals surface area contributed by atoms with E-state index in [1.807, 2.05) is 11.6 Å². The predicted octanol–water partition coefficient (Wildman–Crippen LogP) is 2.10. The van der Waals surface area contributed by atoms with Gasteiger partial charge in [0.1, 0.15) is 0 Å². The lowest BCUT2D eigenvalue weighted by Crippen LogP contribution is -2.29. The second-order valence-electron chi connectivity index (χ2n) is 3.79. The van der Waals surface area contributed by atoms with Crippen molar-refractivity contribution < 1.29 is 17.2 Å². The molecule has 1 aromatic rings. The van der Waals surface area contributed by atoms with Gasteiger partial charge in [-0.05, 0) is 40.2 Å². The number of alkyl halides is 2. The smallest absolute Gasteiger partial charge is 0.251 e. The molecule has 0 aromatic heterocycles. The first-order chi connectivity index (χ1) is 8.86. The Balaban J connectivity index is 2.97. The molecule has 0 aliphatic carbocycles. The van der Waals surface area contributed by atoms with Crippen molar-refractivity contribution in [2.75, 3.05) is 13.1 Å². The van der Waals surface area contributed by atoms with E-state index >= 15 is 0 Å². The summed E-state index contributed by atoms with van der Waals surface area (Å²) < 4.78 is 50.1. The third kappa shape index (κ3) is 5.13. The first-order valence-electron chi connectivity index (χ1n) is 5.63. The average Bonchev–Trinajstić information content (AvgIpc) is 2.35. The first kappa shape index (κ1) is 16.5. The van der Waals surface area contributed by atoms with Crippen LogP contribution in [0.4, 0.5) is 8.78 Å². The van der Waals surface area contributed by atoms with Gasteiger partial charge in [-0.15, -0.1) is 0 Å². The Morgan fingerprint density at radius 3 is 2.63 bits per heavy atom. The van der Waals surface area contributed by atoms with E-state index in [0.717, 1.165) is 12.1 Å². The SMILES string of the molecule is CCNCc1ccc(Br)c(S(=O)(=O)NCC(F)F)c1. The standard InChI is InChI=1S/C11H15BrF2N2O2S/c1-2-15-6-8-3-4-9(12)10(5-8)19(17,18)16-7-11(13)14/h3-5,11,15-16H,2,6-7H2,1H3. The van der Waals surface area contributed by atoms with Crippen molar-refractivity contribution in [2.24, 2.45) is 0 Å². The second-order valence-corrected chi connectivity index (χ2v) is 6.38. The summed E-state index contributed by atoms with van der Waals surface area (Å²) in [5, 5.41) is 3.06. The zero-order valence-corrected chi connectivity index (χ0v) is 12.7. The van der Waals surface area contributed by atoms with E-state index in [1.54, 1.807) is 12.1 Å². The molecule has 0 aliphatic heterocycles. The van der Waals surface area contributed by atoms with Crippen molar-refractivity contribution in [3.05, 3.63) is 28.2 Å². The highest BCUT2D eigenvalue weighted by Gasteiger charge is 2.19. The van der Waals surface area contributed by atoms with Gasteiger partial charge in [-0.1, -0.05) is 13.0 Å². The summed E-state index contributed by atoms with van der Waals surface area (Å²) in [5.41, 5.74) is 0.766. The van der Waals surface area contributed by atoms with E-state index in [-0.39, 0.29) is 4.90 Å². The molecule has 1 rings (SSSR count). The Kier molecular flexibility index (Phi) is 6.31. The van der Waals surface area contributed by atoms with Crippen molar-refractivity contribution in [3.63, 3.8) is 0 Å². The van der Waals surface area contributed by atoms with Crippen LogP contribution in [0.1, 0.15) is 12.5 Å². The van der Waals surface area contributed by atoms with Crippen LogP contribution in [0.5, 0.6) is 0 Å². The highest BCUT2D eigenvalue weighted by Crippen LogP contribution is 2.23. The van der Waals surface area contributed by atoms with Crippen LogP contribution in [0.15, 0.2) is 27.6 Å². The molecule has 0 unspecified atom stereocenters. The maximum Gasteiger partial charge on any atom is 0.251 e. The van der Waals surface area contributed by atoms with Crippen LogP contribution in [0.25, 0.3) is 0 Å². The van der Waals surface area contributed by atoms with Gasteiger partial charge in [0.15, 0.2) is 0 Å². The number of sulfonamides is 1. The van der Waals surface area contributed by atoms with E-state index in [2.05, 4.69) is 21.2 Å². The van der Waals surface area contributed by atoms with Gasteiger partial charge in [0.05, 0.1) is 11.4 Å². The summed E-state index contributed by atoms with van der Waals surface area (Å²) in [6.07, 6.45) is -2.72. The molecule has 19 heavy (non-hydrogen) atoms. The quantitative estimate of drug-likeness (QED) is 0.786. The molecule has 0 atom stereocenters. The summed E-state index contributed by atoms with van der Waals surface area (Å²) in [5.74, 6) is 0. The zero-order valence-electron chi connectivity index (χ0n) is 10.3. The van der Waals surface area contributed by atoms with Gasteiger partial charge in [0, 0.05) is 11.0 Å². The van der Waals surface area contributed by atoms with Crippen molar-refractivity contribution in [3.8, 4) is 0 Å². The van der Waals surface area contributed by atoms with Gasteiger partial charge >= 0.3 is 0 Å². The summed E-state index contributed by atoms with van der Waals surface area (Å²) in [6.45, 7) is 2.30. The average molecular weight is 357 g/mol. The molecule has 108 valence electrons. The second kappa shape index (κ2) is 7.28. The minimum atomic E-state index is -3.94. The van der Waals surface area contributed by atoms with Crippen molar-refractivity contribution in [1.29, 1.82) is 0 Å². The van der Waals surface area contributed by atoms with E-state index in [9.17, 15) is 17.2 Å². The van der Waals surface area contributed by atoms with E-state index in [1.165, 1.54) is 6.07 Å². The van der Waals surface area contributed by atoms with Crippen LogP contribution in [0.2, 0.25) is 0 Å². The molecule has 0 amide bonds. The van der Waals surface area contributed by atoms with E-state index < -0.39 is 23.0 Å². The first-order valence-corrected chi connectivity index (χ1v) is 7.91. The Morgan fingerprint density at radius 1 is 1.37 bits per heavy atom. The molecule has 0 saturated carbocycles. The van der Waals surface area contributed by atoms with Crippen LogP contribution in [-0.4, -0.2) is 27.9 Å². The van der Waals surface area contributed by atoms with Gasteiger partial charge in [-0.25, -0.2) is 21.9 Å². The predicted molar refractivity (Wildman–Crippen MR) is 72.7 cm³/mol. The highest BCUT2D eigenvalue weighted by atomic mass is 79.9. The van der Waals surface area contributed by atoms with Gasteiger partial charge in [-0.3, -0.25) is 0 Å². The van der Waals surface area contributed by atoms with Crippen LogP contribution >= 0.6 is 15.9 Å². The normalized spacial score (nSPS) is 12.1. The van der Waals surface area contributed by atoms with Crippen LogP contribution in [-0.2, 0) is 16.6 Å². The number of benzene rings is 1. The summed E-state index contributed by atoms with van der Waals surface area (Å²) >= 11 is 3.11. The molecule has 0 spiro atoms. The van der Waals surface area contributed by atoms with Crippen LogP contribution in [0.3, 0.4) is 0 Å². The number of rotatable bonds is 7. The Hall–Kier alpha value is -0.570. The van der Waals surface area contributed by atoms with Gasteiger partial charge in [0.2, 0.25) is 10.0 Å². The molecule has 0 saturated heterocycles. The van der Waals surface area contributed by atoms with Crippen molar-refractivity contribution >= 4 is 26.0 Å². The lowest BCUT2D eigenvalue weighted by atomic mass is 10.2. The molecule has 1 aromatic carbocycles. The largest absolute Gasteiger partial charge is 0.313 e. The molecule has 0 fully saturated rings. The minimum Gasteiger partial charge on any atom is -0.313 e. The lowest BCUT2D eigenvalue weighted by Gasteiger charge is -2.10. The Morgan fingerprint density at radius 2 is 2.05 bits per heavy atom. The fraction of sp³-hybridized carbons (Fsp3) is 0.455. The Bertz CT molecular complexity index is 523. The lowest BCUT2D eigenvalue weighted by molar-refractivity contribution is 0.153. The van der Waals surface area contributed by atoms with Gasteiger partial charge in [0.25, 0.3) is 6.43 Å². The number of nitrogens with one attached hydrogen (secondary N) is 2. The zero-order chi connectivity index (χ0) is 14.5. The number of halogens is 3. The van der Waals surface area contributed by atoms with Crippen molar-refractivity contribution in [1.82, 2.24) is 10.0 Å².